The zero-order valence-electron chi connectivity index (χ0n) is 16.0. The molecule has 2 N–H and O–H groups in total. The number of methoxy groups -OCH3 is 1. The van der Waals surface area contributed by atoms with E-state index < -0.39 is 0 Å². The normalized spacial score (nSPS) is 13.9. The monoisotopic (exact) mass is 384 g/mol. The predicted octanol–water partition coefficient (Wildman–Crippen LogP) is 3.54. The summed E-state index contributed by atoms with van der Waals surface area (Å²) in [5.41, 5.74) is 1.74. The van der Waals surface area contributed by atoms with Gasteiger partial charge in [-0.15, -0.1) is 0 Å². The first kappa shape index (κ1) is 19.9. The Labute approximate surface area is 164 Å². The summed E-state index contributed by atoms with van der Waals surface area (Å²) in [4.78, 5) is 24.4. The highest BCUT2D eigenvalue weighted by molar-refractivity contribution is 5.95. The fourth-order valence-electron chi connectivity index (χ4n) is 3.53. The number of nitrogens with one attached hydrogen (secondary N) is 2. The van der Waals surface area contributed by atoms with Crippen molar-refractivity contribution in [3.05, 3.63) is 53.8 Å². The minimum absolute atomic E-state index is 0.0759. The summed E-state index contributed by atoms with van der Waals surface area (Å²) in [6, 6.07) is 11.2. The first-order valence-corrected chi connectivity index (χ1v) is 9.58. The van der Waals surface area contributed by atoms with Crippen LogP contribution in [-0.2, 0) is 4.79 Å². The Kier molecular flexibility index (Phi) is 6.63. The highest BCUT2D eigenvalue weighted by atomic mass is 19.1. The van der Waals surface area contributed by atoms with Crippen LogP contribution in [0.2, 0.25) is 0 Å². The molecule has 1 saturated carbocycles. The highest BCUT2D eigenvalue weighted by Crippen LogP contribution is 2.31. The van der Waals surface area contributed by atoms with E-state index >= 15 is 0 Å². The summed E-state index contributed by atoms with van der Waals surface area (Å²) in [6.45, 7) is 0.753. The van der Waals surface area contributed by atoms with Gasteiger partial charge in [0.15, 0.2) is 0 Å². The number of benzene rings is 2. The zero-order valence-corrected chi connectivity index (χ0v) is 16.0. The number of rotatable bonds is 7. The maximum Gasteiger partial charge on any atom is 0.251 e. The van der Waals surface area contributed by atoms with Gasteiger partial charge in [0.2, 0.25) is 5.91 Å². The molecule has 1 aliphatic rings. The maximum absolute atomic E-state index is 13.6. The molecular weight excluding hydrogens is 359 g/mol. The quantitative estimate of drug-likeness (QED) is 0.718. The maximum atomic E-state index is 13.6. The van der Waals surface area contributed by atoms with Crippen LogP contribution in [0.25, 0.3) is 11.1 Å². The molecular formula is C22H25FN2O3. The average molecular weight is 384 g/mol. The number of halogens is 1. The summed E-state index contributed by atoms with van der Waals surface area (Å²) in [5.74, 6) is 0.116. The average Bonchev–Trinajstić information content (AvgIpc) is 3.26. The lowest BCUT2D eigenvalue weighted by Gasteiger charge is -2.12. The molecule has 0 spiro atoms. The molecule has 0 bridgehead atoms. The Morgan fingerprint density at radius 3 is 2.57 bits per heavy atom. The lowest BCUT2D eigenvalue weighted by Crippen LogP contribution is -2.37. The number of amides is 2. The lowest BCUT2D eigenvalue weighted by molar-refractivity contribution is -0.124. The van der Waals surface area contributed by atoms with E-state index in [2.05, 4.69) is 10.6 Å². The van der Waals surface area contributed by atoms with E-state index in [4.69, 9.17) is 4.74 Å². The van der Waals surface area contributed by atoms with Gasteiger partial charge >= 0.3 is 0 Å². The molecule has 2 aromatic rings. The van der Waals surface area contributed by atoms with Crippen molar-refractivity contribution in [2.24, 2.45) is 5.92 Å². The van der Waals surface area contributed by atoms with Crippen molar-refractivity contribution in [2.75, 3.05) is 20.2 Å². The van der Waals surface area contributed by atoms with Crippen LogP contribution in [0.15, 0.2) is 42.5 Å². The first-order valence-electron chi connectivity index (χ1n) is 9.58. The van der Waals surface area contributed by atoms with E-state index in [1.165, 1.54) is 19.2 Å². The second-order valence-corrected chi connectivity index (χ2v) is 6.95. The van der Waals surface area contributed by atoms with Gasteiger partial charge in [-0.2, -0.15) is 0 Å². The van der Waals surface area contributed by atoms with Crippen LogP contribution in [-0.4, -0.2) is 32.0 Å². The van der Waals surface area contributed by atoms with Crippen molar-refractivity contribution in [2.45, 2.75) is 25.7 Å². The Morgan fingerprint density at radius 2 is 1.82 bits per heavy atom. The summed E-state index contributed by atoms with van der Waals surface area (Å²) < 4.78 is 18.9. The van der Waals surface area contributed by atoms with Crippen molar-refractivity contribution in [1.82, 2.24) is 10.6 Å². The molecule has 0 aliphatic heterocycles. The van der Waals surface area contributed by atoms with Crippen LogP contribution in [0.5, 0.6) is 5.75 Å². The van der Waals surface area contributed by atoms with Gasteiger partial charge in [-0.3, -0.25) is 9.59 Å². The molecule has 2 aromatic carbocycles. The smallest absolute Gasteiger partial charge is 0.251 e. The van der Waals surface area contributed by atoms with Crippen molar-refractivity contribution >= 4 is 11.8 Å². The minimum atomic E-state index is -0.372. The van der Waals surface area contributed by atoms with Crippen molar-refractivity contribution in [3.63, 3.8) is 0 Å². The van der Waals surface area contributed by atoms with Crippen LogP contribution in [0, 0.1) is 11.7 Å². The molecule has 1 aliphatic carbocycles. The van der Waals surface area contributed by atoms with Gasteiger partial charge in [0.25, 0.3) is 5.91 Å². The summed E-state index contributed by atoms with van der Waals surface area (Å²) in [6.07, 6.45) is 4.13. The van der Waals surface area contributed by atoms with Crippen LogP contribution >= 0.6 is 0 Å². The van der Waals surface area contributed by atoms with Gasteiger partial charge in [-0.1, -0.05) is 25.0 Å². The van der Waals surface area contributed by atoms with Gasteiger partial charge in [-0.05, 0) is 48.7 Å². The minimum Gasteiger partial charge on any atom is -0.496 e. The SMILES string of the molecule is COc1ccc(F)cc1-c1cccc(C(=O)NCCNC(=O)C2CCCC2)c1. The van der Waals surface area contributed by atoms with E-state index in [0.717, 1.165) is 25.7 Å². The van der Waals surface area contributed by atoms with E-state index in [-0.39, 0.29) is 23.5 Å². The Balaban J connectivity index is 1.58. The molecule has 0 radical (unpaired) electrons. The molecule has 0 atom stereocenters. The molecule has 6 heteroatoms. The first-order chi connectivity index (χ1) is 13.6. The molecule has 3 rings (SSSR count). The van der Waals surface area contributed by atoms with E-state index in [9.17, 15) is 14.0 Å². The molecule has 2 amide bonds. The summed E-state index contributed by atoms with van der Waals surface area (Å²) in [7, 11) is 1.52. The number of hydrogen-bond acceptors (Lipinski definition) is 3. The topological polar surface area (TPSA) is 67.4 Å². The second-order valence-electron chi connectivity index (χ2n) is 6.95. The van der Waals surface area contributed by atoms with Crippen molar-refractivity contribution in [1.29, 1.82) is 0 Å². The van der Waals surface area contributed by atoms with Crippen molar-refractivity contribution < 1.29 is 18.7 Å². The molecule has 28 heavy (non-hydrogen) atoms. The van der Waals surface area contributed by atoms with Gasteiger partial charge in [0, 0.05) is 30.1 Å². The summed E-state index contributed by atoms with van der Waals surface area (Å²) >= 11 is 0. The highest BCUT2D eigenvalue weighted by Gasteiger charge is 2.22. The Bertz CT molecular complexity index is 847. The van der Waals surface area contributed by atoms with Crippen LogP contribution in [0.4, 0.5) is 4.39 Å². The molecule has 0 aromatic heterocycles. The molecule has 0 saturated heterocycles. The van der Waals surface area contributed by atoms with E-state index in [1.807, 2.05) is 0 Å². The standard InChI is InChI=1S/C22H25FN2O3/c1-28-20-10-9-18(23)14-19(20)16-7-4-8-17(13-16)22(27)25-12-11-24-21(26)15-5-2-3-6-15/h4,7-10,13-15H,2-3,5-6,11-12H2,1H3,(H,24,26)(H,25,27). The van der Waals surface area contributed by atoms with Gasteiger partial charge in [0.05, 0.1) is 7.11 Å². The van der Waals surface area contributed by atoms with Crippen LogP contribution < -0.4 is 15.4 Å². The van der Waals surface area contributed by atoms with Gasteiger partial charge in [0.1, 0.15) is 11.6 Å². The van der Waals surface area contributed by atoms with Gasteiger partial charge in [-0.25, -0.2) is 4.39 Å². The lowest BCUT2D eigenvalue weighted by atomic mass is 10.0. The van der Waals surface area contributed by atoms with E-state index in [0.29, 0.717) is 35.5 Å². The third-order valence-corrected chi connectivity index (χ3v) is 5.03. The fraction of sp³-hybridized carbons (Fsp3) is 0.364. The zero-order chi connectivity index (χ0) is 19.9. The molecule has 5 nitrogen and oxygen atoms in total. The van der Waals surface area contributed by atoms with Crippen LogP contribution in [0.3, 0.4) is 0 Å². The van der Waals surface area contributed by atoms with Gasteiger partial charge < -0.3 is 15.4 Å². The fourth-order valence-corrected chi connectivity index (χ4v) is 3.53. The number of ether oxygens (including phenoxy) is 1. The molecule has 0 heterocycles. The second kappa shape index (κ2) is 9.35. The predicted molar refractivity (Wildman–Crippen MR) is 106 cm³/mol. The molecule has 1 fully saturated rings. The Hall–Kier alpha value is -2.89. The number of carbonyl (C=O) groups excluding carboxylic acids is 2. The third kappa shape index (κ3) is 4.88. The summed E-state index contributed by atoms with van der Waals surface area (Å²) in [5, 5.41) is 5.68. The number of carbonyl (C=O) groups is 2. The van der Waals surface area contributed by atoms with E-state index in [1.54, 1.807) is 30.3 Å². The van der Waals surface area contributed by atoms with Crippen LogP contribution in [0.1, 0.15) is 36.0 Å². The third-order valence-electron chi connectivity index (χ3n) is 5.03. The molecule has 0 unspecified atom stereocenters. The van der Waals surface area contributed by atoms with Crippen molar-refractivity contribution in [3.8, 4) is 16.9 Å². The largest absolute Gasteiger partial charge is 0.496 e. The Morgan fingerprint density at radius 1 is 1.07 bits per heavy atom. The number of hydrogen-bond donors (Lipinski definition) is 2. The molecule has 148 valence electrons.